The van der Waals surface area contributed by atoms with Gasteiger partial charge in [-0.1, -0.05) is 23.3 Å². The maximum atomic E-state index is 11.6. The average molecular weight is 248 g/mol. The van der Waals surface area contributed by atoms with Crippen LogP contribution in [0.15, 0.2) is 34.4 Å². The first-order valence-electron chi connectivity index (χ1n) is 6.39. The Morgan fingerprint density at radius 3 is 2.67 bits per heavy atom. The molecule has 2 rings (SSSR count). The second kappa shape index (κ2) is 4.73. The van der Waals surface area contributed by atoms with Gasteiger partial charge in [-0.2, -0.15) is 0 Å². The highest BCUT2D eigenvalue weighted by molar-refractivity contribution is 5.92. The fourth-order valence-electron chi connectivity index (χ4n) is 2.54. The van der Waals surface area contributed by atoms with Crippen molar-refractivity contribution < 1.29 is 14.6 Å². The molecule has 0 bridgehead atoms. The molecule has 3 heteroatoms. The maximum absolute atomic E-state index is 11.6. The number of rotatable bonds is 0. The van der Waals surface area contributed by atoms with Crippen LogP contribution in [0.1, 0.15) is 46.5 Å². The summed E-state index contributed by atoms with van der Waals surface area (Å²) in [6.07, 6.45) is 7.15. The normalized spacial score (nSPS) is 29.4. The van der Waals surface area contributed by atoms with Crippen LogP contribution in [-0.4, -0.2) is 16.9 Å². The van der Waals surface area contributed by atoms with Crippen molar-refractivity contribution in [2.45, 2.75) is 52.2 Å². The maximum Gasteiger partial charge on any atom is 0.336 e. The second-order valence-electron chi connectivity index (χ2n) is 5.30. The quantitative estimate of drug-likeness (QED) is 0.529. The molecule has 0 fully saturated rings. The molecule has 0 spiro atoms. The van der Waals surface area contributed by atoms with Gasteiger partial charge in [0.1, 0.15) is 0 Å². The van der Waals surface area contributed by atoms with Crippen molar-refractivity contribution in [3.8, 4) is 0 Å². The summed E-state index contributed by atoms with van der Waals surface area (Å²) in [4.78, 5) is 11.6. The summed E-state index contributed by atoms with van der Waals surface area (Å²) in [5.41, 5.74) is 3.60. The number of fused-ring (bicyclic) bond motifs is 1. The lowest BCUT2D eigenvalue weighted by Crippen LogP contribution is -2.32. The lowest BCUT2D eigenvalue weighted by atomic mass is 9.91. The predicted octanol–water partition coefficient (Wildman–Crippen LogP) is 3.01. The number of hydrogen-bond donors (Lipinski definition) is 1. The van der Waals surface area contributed by atoms with Gasteiger partial charge in [-0.25, -0.2) is 4.79 Å². The van der Waals surface area contributed by atoms with E-state index >= 15 is 0 Å². The molecule has 1 heterocycles. The average Bonchev–Trinajstić information content (AvgIpc) is 2.47. The summed E-state index contributed by atoms with van der Waals surface area (Å²) in [5.74, 6) is -1.83. The highest BCUT2D eigenvalue weighted by atomic mass is 16.7. The van der Waals surface area contributed by atoms with Gasteiger partial charge in [0, 0.05) is 17.6 Å². The van der Waals surface area contributed by atoms with Crippen molar-refractivity contribution in [3.05, 3.63) is 34.4 Å². The van der Waals surface area contributed by atoms with Gasteiger partial charge in [0.05, 0.1) is 0 Å². The van der Waals surface area contributed by atoms with Crippen molar-refractivity contribution in [3.63, 3.8) is 0 Å². The summed E-state index contributed by atoms with van der Waals surface area (Å²) >= 11 is 0. The van der Waals surface area contributed by atoms with Crippen LogP contribution in [0.25, 0.3) is 0 Å². The molecule has 1 N–H and O–H groups in total. The van der Waals surface area contributed by atoms with Gasteiger partial charge in [0.2, 0.25) is 5.79 Å². The van der Waals surface area contributed by atoms with Crippen molar-refractivity contribution in [2.75, 3.05) is 0 Å². The highest BCUT2D eigenvalue weighted by Gasteiger charge is 2.44. The van der Waals surface area contributed by atoms with Crippen LogP contribution in [0.5, 0.6) is 0 Å². The summed E-state index contributed by atoms with van der Waals surface area (Å²) < 4.78 is 5.18. The zero-order chi connectivity index (χ0) is 13.3. The van der Waals surface area contributed by atoms with Crippen molar-refractivity contribution in [1.82, 2.24) is 0 Å². The molecule has 1 aliphatic carbocycles. The van der Waals surface area contributed by atoms with Gasteiger partial charge in [0.15, 0.2) is 0 Å². The lowest BCUT2D eigenvalue weighted by Gasteiger charge is -2.25. The van der Waals surface area contributed by atoms with Crippen molar-refractivity contribution in [2.24, 2.45) is 0 Å². The lowest BCUT2D eigenvalue weighted by molar-refractivity contribution is -0.181. The molecule has 0 saturated heterocycles. The van der Waals surface area contributed by atoms with Crippen molar-refractivity contribution >= 4 is 5.97 Å². The molecule has 3 nitrogen and oxygen atoms in total. The van der Waals surface area contributed by atoms with E-state index in [1.165, 1.54) is 5.57 Å². The molecule has 0 amide bonds. The molecule has 18 heavy (non-hydrogen) atoms. The standard InChI is InChI=1S/C15H20O3/c1-10-5-4-6-11(2)9-15(17)13(8-7-10)12(3)14(16)18-15/h6-7,17H,4-5,8-9H2,1-3H3. The van der Waals surface area contributed by atoms with Crippen molar-refractivity contribution in [1.29, 1.82) is 0 Å². The fourth-order valence-corrected chi connectivity index (χ4v) is 2.54. The largest absolute Gasteiger partial charge is 0.425 e. The number of hydrogen-bond acceptors (Lipinski definition) is 3. The minimum atomic E-state index is -1.43. The minimum Gasteiger partial charge on any atom is -0.425 e. The second-order valence-corrected chi connectivity index (χ2v) is 5.30. The summed E-state index contributed by atoms with van der Waals surface area (Å²) in [7, 11) is 0. The number of carbonyl (C=O) groups is 1. The molecule has 0 radical (unpaired) electrons. The topological polar surface area (TPSA) is 46.5 Å². The van der Waals surface area contributed by atoms with Gasteiger partial charge in [-0.05, 0) is 40.0 Å². The molecular formula is C15H20O3. The van der Waals surface area contributed by atoms with E-state index in [1.54, 1.807) is 6.92 Å². The van der Waals surface area contributed by atoms with Crippen LogP contribution in [0, 0.1) is 0 Å². The Bertz CT molecular complexity index is 468. The molecule has 1 aliphatic heterocycles. The van der Waals surface area contributed by atoms with Gasteiger partial charge >= 0.3 is 5.97 Å². The number of allylic oxidation sites excluding steroid dienone is 3. The van der Waals surface area contributed by atoms with E-state index in [1.807, 2.05) is 6.92 Å². The third kappa shape index (κ3) is 2.41. The summed E-state index contributed by atoms with van der Waals surface area (Å²) in [5, 5.41) is 10.6. The molecule has 0 aromatic heterocycles. The van der Waals surface area contributed by atoms with Crippen LogP contribution >= 0.6 is 0 Å². The van der Waals surface area contributed by atoms with Gasteiger partial charge in [-0.15, -0.1) is 0 Å². The minimum absolute atomic E-state index is 0.373. The van der Waals surface area contributed by atoms with E-state index in [-0.39, 0.29) is 0 Å². The smallest absolute Gasteiger partial charge is 0.336 e. The Morgan fingerprint density at radius 2 is 1.94 bits per heavy atom. The Balaban J connectivity index is 2.41. The number of esters is 1. The number of ether oxygens (including phenoxy) is 1. The van der Waals surface area contributed by atoms with E-state index in [0.29, 0.717) is 24.0 Å². The van der Waals surface area contributed by atoms with E-state index in [2.05, 4.69) is 19.1 Å². The molecule has 98 valence electrons. The monoisotopic (exact) mass is 248 g/mol. The Labute approximate surface area is 108 Å². The third-order valence-corrected chi connectivity index (χ3v) is 3.70. The SMILES string of the molecule is CC1=CCC2=C(C)C(=O)OC2(O)CC(C)=CCC1. The summed E-state index contributed by atoms with van der Waals surface area (Å²) in [6.45, 7) is 5.78. The first-order chi connectivity index (χ1) is 8.42. The van der Waals surface area contributed by atoms with Crippen LogP contribution in [0.2, 0.25) is 0 Å². The molecule has 0 aromatic carbocycles. The van der Waals surface area contributed by atoms with Crippen LogP contribution < -0.4 is 0 Å². The Hall–Kier alpha value is -1.35. The molecule has 0 saturated carbocycles. The summed E-state index contributed by atoms with van der Waals surface area (Å²) in [6, 6.07) is 0. The molecule has 2 aliphatic rings. The molecule has 0 aromatic rings. The molecule has 1 unspecified atom stereocenters. The first kappa shape index (κ1) is 13.1. The number of carbonyl (C=O) groups excluding carboxylic acids is 1. The third-order valence-electron chi connectivity index (χ3n) is 3.70. The van der Waals surface area contributed by atoms with Crippen LogP contribution in [0.4, 0.5) is 0 Å². The molecular weight excluding hydrogens is 228 g/mol. The fraction of sp³-hybridized carbons (Fsp3) is 0.533. The van der Waals surface area contributed by atoms with E-state index in [0.717, 1.165) is 18.4 Å². The van der Waals surface area contributed by atoms with Crippen LogP contribution in [-0.2, 0) is 9.53 Å². The first-order valence-corrected chi connectivity index (χ1v) is 6.39. The Kier molecular flexibility index (Phi) is 3.44. The van der Waals surface area contributed by atoms with Gasteiger partial charge in [0.25, 0.3) is 0 Å². The van der Waals surface area contributed by atoms with E-state index in [9.17, 15) is 9.90 Å². The van der Waals surface area contributed by atoms with Crippen LogP contribution in [0.3, 0.4) is 0 Å². The van der Waals surface area contributed by atoms with Gasteiger partial charge in [-0.3, -0.25) is 0 Å². The highest BCUT2D eigenvalue weighted by Crippen LogP contribution is 2.38. The zero-order valence-corrected chi connectivity index (χ0v) is 11.2. The Morgan fingerprint density at radius 1 is 1.22 bits per heavy atom. The zero-order valence-electron chi connectivity index (χ0n) is 11.2. The number of aliphatic hydroxyl groups is 1. The molecule has 1 atom stereocenters. The predicted molar refractivity (Wildman–Crippen MR) is 69.7 cm³/mol. The van der Waals surface area contributed by atoms with Gasteiger partial charge < -0.3 is 9.84 Å². The van der Waals surface area contributed by atoms with E-state index in [4.69, 9.17) is 4.74 Å². The van der Waals surface area contributed by atoms with E-state index < -0.39 is 11.8 Å².